The fourth-order valence-electron chi connectivity index (χ4n) is 3.54. The Morgan fingerprint density at radius 2 is 2.00 bits per heavy atom. The molecule has 0 unspecified atom stereocenters. The highest BCUT2D eigenvalue weighted by Gasteiger charge is 2.31. The lowest BCUT2D eigenvalue weighted by atomic mass is 9.72. The average molecular weight is 348 g/mol. The lowest BCUT2D eigenvalue weighted by molar-refractivity contribution is 0.191. The lowest BCUT2D eigenvalue weighted by Gasteiger charge is -2.34. The topological polar surface area (TPSA) is 58.6 Å². The summed E-state index contributed by atoms with van der Waals surface area (Å²) in [5, 5.41) is 11.5. The highest BCUT2D eigenvalue weighted by atomic mass is 35.5. The number of nitrogens with one attached hydrogen (secondary N) is 1. The van der Waals surface area contributed by atoms with Gasteiger partial charge in [-0.2, -0.15) is 0 Å². The fraction of sp³-hybridized carbons (Fsp3) is 0.316. The molecule has 0 heterocycles. The SMILES string of the molecule is COc1ccc2c(c1)CC[C@H](CNC(=O)O)[C@@H]2c1ccccc1.Cl. The van der Waals surface area contributed by atoms with Crippen LogP contribution in [0.4, 0.5) is 4.79 Å². The summed E-state index contributed by atoms with van der Waals surface area (Å²) in [7, 11) is 1.68. The summed E-state index contributed by atoms with van der Waals surface area (Å²) in [6, 6.07) is 16.5. The van der Waals surface area contributed by atoms with E-state index in [1.807, 2.05) is 24.3 Å². The molecule has 5 heteroatoms. The zero-order valence-corrected chi connectivity index (χ0v) is 14.4. The van der Waals surface area contributed by atoms with E-state index in [2.05, 4.69) is 29.6 Å². The molecule has 0 saturated carbocycles. The molecule has 1 aliphatic rings. The number of methoxy groups -OCH3 is 1. The number of hydrogen-bond acceptors (Lipinski definition) is 2. The number of carbonyl (C=O) groups is 1. The molecule has 128 valence electrons. The number of carboxylic acid groups (broad SMARTS) is 1. The van der Waals surface area contributed by atoms with Crippen molar-refractivity contribution < 1.29 is 14.6 Å². The van der Waals surface area contributed by atoms with E-state index in [9.17, 15) is 4.79 Å². The average Bonchev–Trinajstić information content (AvgIpc) is 2.59. The summed E-state index contributed by atoms with van der Waals surface area (Å²) in [5.74, 6) is 1.34. The molecule has 1 aliphatic carbocycles. The van der Waals surface area contributed by atoms with Gasteiger partial charge in [-0.05, 0) is 47.6 Å². The molecule has 0 fully saturated rings. The largest absolute Gasteiger partial charge is 0.497 e. The summed E-state index contributed by atoms with van der Waals surface area (Å²) >= 11 is 0. The maximum Gasteiger partial charge on any atom is 0.404 e. The fourth-order valence-corrected chi connectivity index (χ4v) is 3.54. The Bertz CT molecular complexity index is 690. The van der Waals surface area contributed by atoms with Crippen molar-refractivity contribution in [1.29, 1.82) is 0 Å². The molecule has 0 bridgehead atoms. The number of amides is 1. The number of halogens is 1. The molecule has 3 rings (SSSR count). The van der Waals surface area contributed by atoms with E-state index in [0.717, 1.165) is 18.6 Å². The van der Waals surface area contributed by atoms with Crippen molar-refractivity contribution in [3.05, 3.63) is 65.2 Å². The molecule has 2 atom stereocenters. The van der Waals surface area contributed by atoms with Crippen molar-refractivity contribution in [3.8, 4) is 5.75 Å². The maximum atomic E-state index is 10.9. The lowest BCUT2D eigenvalue weighted by Crippen LogP contribution is -2.33. The van der Waals surface area contributed by atoms with Crippen LogP contribution in [-0.2, 0) is 6.42 Å². The van der Waals surface area contributed by atoms with Crippen molar-refractivity contribution in [1.82, 2.24) is 5.32 Å². The summed E-state index contributed by atoms with van der Waals surface area (Å²) in [4.78, 5) is 10.9. The smallest absolute Gasteiger partial charge is 0.404 e. The van der Waals surface area contributed by atoms with Gasteiger partial charge < -0.3 is 15.2 Å². The van der Waals surface area contributed by atoms with Crippen LogP contribution in [0.1, 0.15) is 29.0 Å². The van der Waals surface area contributed by atoms with Crippen LogP contribution >= 0.6 is 12.4 Å². The molecule has 2 aromatic carbocycles. The second-order valence-corrected chi connectivity index (χ2v) is 5.94. The second kappa shape index (κ2) is 8.06. The maximum absolute atomic E-state index is 10.9. The van der Waals surface area contributed by atoms with Crippen molar-refractivity contribution >= 4 is 18.5 Å². The molecule has 2 aromatic rings. The molecule has 4 nitrogen and oxygen atoms in total. The molecule has 1 amide bonds. The molecule has 2 N–H and O–H groups in total. The van der Waals surface area contributed by atoms with Gasteiger partial charge in [-0.25, -0.2) is 4.79 Å². The summed E-state index contributed by atoms with van der Waals surface area (Å²) in [5.41, 5.74) is 3.81. The molecule has 0 saturated heterocycles. The molecular formula is C19H22ClNO3. The van der Waals surface area contributed by atoms with Crippen LogP contribution in [0.15, 0.2) is 48.5 Å². The highest BCUT2D eigenvalue weighted by molar-refractivity contribution is 5.85. The first-order valence-electron chi connectivity index (χ1n) is 7.87. The van der Waals surface area contributed by atoms with Gasteiger partial charge in [0.25, 0.3) is 0 Å². The van der Waals surface area contributed by atoms with Gasteiger partial charge in [0.15, 0.2) is 0 Å². The Hall–Kier alpha value is -2.20. The van der Waals surface area contributed by atoms with Crippen molar-refractivity contribution in [2.24, 2.45) is 5.92 Å². The third-order valence-corrected chi connectivity index (χ3v) is 4.62. The second-order valence-electron chi connectivity index (χ2n) is 5.94. The Labute approximate surface area is 148 Å². The Kier molecular flexibility index (Phi) is 6.10. The summed E-state index contributed by atoms with van der Waals surface area (Å²) < 4.78 is 5.34. The van der Waals surface area contributed by atoms with Crippen LogP contribution in [0, 0.1) is 5.92 Å². The van der Waals surface area contributed by atoms with Gasteiger partial charge in [0.1, 0.15) is 5.75 Å². The minimum Gasteiger partial charge on any atom is -0.497 e. The number of benzene rings is 2. The number of ether oxygens (including phenoxy) is 1. The summed E-state index contributed by atoms with van der Waals surface area (Å²) in [6.45, 7) is 0.473. The van der Waals surface area contributed by atoms with E-state index < -0.39 is 6.09 Å². The van der Waals surface area contributed by atoms with E-state index >= 15 is 0 Å². The quantitative estimate of drug-likeness (QED) is 0.876. The van der Waals surface area contributed by atoms with E-state index in [0.29, 0.717) is 6.54 Å². The van der Waals surface area contributed by atoms with Crippen LogP contribution in [0.3, 0.4) is 0 Å². The van der Waals surface area contributed by atoms with E-state index in [1.54, 1.807) is 7.11 Å². The van der Waals surface area contributed by atoms with Crippen molar-refractivity contribution in [2.45, 2.75) is 18.8 Å². The van der Waals surface area contributed by atoms with Gasteiger partial charge in [-0.15, -0.1) is 12.4 Å². The first-order valence-corrected chi connectivity index (χ1v) is 7.87. The van der Waals surface area contributed by atoms with Crippen molar-refractivity contribution in [3.63, 3.8) is 0 Å². The van der Waals surface area contributed by atoms with E-state index in [4.69, 9.17) is 9.84 Å². The van der Waals surface area contributed by atoms with Gasteiger partial charge in [0, 0.05) is 12.5 Å². The van der Waals surface area contributed by atoms with Crippen LogP contribution in [0.25, 0.3) is 0 Å². The molecular weight excluding hydrogens is 326 g/mol. The Morgan fingerprint density at radius 1 is 1.25 bits per heavy atom. The van der Waals surface area contributed by atoms with Gasteiger partial charge in [0.05, 0.1) is 7.11 Å². The minimum absolute atomic E-state index is 0. The van der Waals surface area contributed by atoms with Gasteiger partial charge in [-0.1, -0.05) is 36.4 Å². The van der Waals surface area contributed by atoms with Gasteiger partial charge in [-0.3, -0.25) is 0 Å². The Morgan fingerprint density at radius 3 is 2.67 bits per heavy atom. The number of hydrogen-bond donors (Lipinski definition) is 2. The normalized spacial score (nSPS) is 18.9. The molecule has 0 spiro atoms. The zero-order valence-electron chi connectivity index (χ0n) is 13.6. The predicted molar refractivity (Wildman–Crippen MR) is 96.4 cm³/mol. The van der Waals surface area contributed by atoms with Crippen LogP contribution in [0.5, 0.6) is 5.75 Å². The third-order valence-electron chi connectivity index (χ3n) is 4.62. The van der Waals surface area contributed by atoms with E-state index in [-0.39, 0.29) is 24.2 Å². The molecule has 0 aromatic heterocycles. The number of rotatable bonds is 4. The first kappa shape index (κ1) is 18.1. The van der Waals surface area contributed by atoms with E-state index in [1.165, 1.54) is 16.7 Å². The van der Waals surface area contributed by atoms with Gasteiger partial charge in [0.2, 0.25) is 0 Å². The standard InChI is InChI=1S/C19H21NO3.ClH/c1-23-16-9-10-17-14(11-16)7-8-15(12-20-19(21)22)18(17)13-5-3-2-4-6-13;/h2-6,9-11,15,18,20H,7-8,12H2,1H3,(H,21,22);1H/t15-,18+;/m1./s1. The van der Waals surface area contributed by atoms with Crippen molar-refractivity contribution in [2.75, 3.05) is 13.7 Å². The van der Waals surface area contributed by atoms with Crippen LogP contribution in [0.2, 0.25) is 0 Å². The molecule has 0 radical (unpaired) electrons. The Balaban J connectivity index is 0.00000208. The van der Waals surface area contributed by atoms with Crippen LogP contribution in [-0.4, -0.2) is 24.9 Å². The molecule has 0 aliphatic heterocycles. The zero-order chi connectivity index (χ0) is 16.2. The first-order chi connectivity index (χ1) is 11.2. The predicted octanol–water partition coefficient (Wildman–Crippen LogP) is 4.08. The minimum atomic E-state index is -0.961. The third kappa shape index (κ3) is 3.82. The molecule has 24 heavy (non-hydrogen) atoms. The number of aryl methyl sites for hydroxylation is 1. The number of fused-ring (bicyclic) bond motifs is 1. The van der Waals surface area contributed by atoms with Gasteiger partial charge >= 0.3 is 6.09 Å². The van der Waals surface area contributed by atoms with Crippen LogP contribution < -0.4 is 10.1 Å². The summed E-state index contributed by atoms with van der Waals surface area (Å²) in [6.07, 6.45) is 0.944. The monoisotopic (exact) mass is 347 g/mol. The highest BCUT2D eigenvalue weighted by Crippen LogP contribution is 2.41.